The molecule has 2 saturated heterocycles. The normalized spacial score (nSPS) is 31.5. The Kier molecular flexibility index (Phi) is 4.36. The van der Waals surface area contributed by atoms with Gasteiger partial charge in [0.2, 0.25) is 5.91 Å². The fraction of sp³-hybridized carbons (Fsp3) is 0.917. The average molecular weight is 241 g/mol. The molecule has 98 valence electrons. The molecule has 2 heterocycles. The first-order chi connectivity index (χ1) is 8.22. The van der Waals surface area contributed by atoms with Gasteiger partial charge in [0.15, 0.2) is 0 Å². The Morgan fingerprint density at radius 2 is 2.29 bits per heavy atom. The maximum atomic E-state index is 12.4. The van der Waals surface area contributed by atoms with Gasteiger partial charge in [0.05, 0.1) is 18.6 Å². The van der Waals surface area contributed by atoms with Crippen molar-refractivity contribution in [2.45, 2.75) is 18.9 Å². The van der Waals surface area contributed by atoms with Crippen LogP contribution in [0.5, 0.6) is 0 Å². The molecule has 2 atom stereocenters. The minimum absolute atomic E-state index is 0.0567. The van der Waals surface area contributed by atoms with E-state index < -0.39 is 0 Å². The number of amides is 1. The van der Waals surface area contributed by atoms with Crippen LogP contribution in [0, 0.1) is 5.92 Å². The minimum atomic E-state index is 0.0567. The van der Waals surface area contributed by atoms with Gasteiger partial charge in [-0.3, -0.25) is 4.79 Å². The van der Waals surface area contributed by atoms with E-state index in [1.165, 1.54) is 0 Å². The molecular weight excluding hydrogens is 218 g/mol. The van der Waals surface area contributed by atoms with E-state index in [-0.39, 0.29) is 17.9 Å². The van der Waals surface area contributed by atoms with Crippen molar-refractivity contribution in [2.24, 2.45) is 11.7 Å². The third kappa shape index (κ3) is 2.97. The molecule has 0 bridgehead atoms. The molecule has 5 nitrogen and oxygen atoms in total. The van der Waals surface area contributed by atoms with Crippen LogP contribution in [0.4, 0.5) is 0 Å². The van der Waals surface area contributed by atoms with E-state index in [0.29, 0.717) is 13.2 Å². The van der Waals surface area contributed by atoms with Gasteiger partial charge >= 0.3 is 0 Å². The molecule has 2 aliphatic heterocycles. The summed E-state index contributed by atoms with van der Waals surface area (Å²) >= 11 is 0. The number of nitrogens with zero attached hydrogens (tertiary/aromatic N) is 2. The van der Waals surface area contributed by atoms with Gasteiger partial charge in [-0.25, -0.2) is 0 Å². The Balaban J connectivity index is 1.96. The Morgan fingerprint density at radius 1 is 1.47 bits per heavy atom. The molecular formula is C12H23N3O2. The molecule has 2 fully saturated rings. The fourth-order valence-corrected chi connectivity index (χ4v) is 2.67. The lowest BCUT2D eigenvalue weighted by atomic mass is 9.99. The van der Waals surface area contributed by atoms with Gasteiger partial charge in [0, 0.05) is 32.8 Å². The molecule has 0 saturated carbocycles. The van der Waals surface area contributed by atoms with Crippen LogP contribution < -0.4 is 5.73 Å². The molecule has 0 aliphatic carbocycles. The second-order valence-corrected chi connectivity index (χ2v) is 5.10. The lowest BCUT2D eigenvalue weighted by Gasteiger charge is -2.41. The SMILES string of the molecule is CN1CCN(C(=O)C2CCCOC2)C(CN)C1. The number of ether oxygens (including phenoxy) is 1. The van der Waals surface area contributed by atoms with Crippen molar-refractivity contribution in [3.8, 4) is 0 Å². The molecule has 2 unspecified atom stereocenters. The quantitative estimate of drug-likeness (QED) is 0.709. The highest BCUT2D eigenvalue weighted by Crippen LogP contribution is 2.19. The number of carbonyl (C=O) groups excluding carboxylic acids is 1. The highest BCUT2D eigenvalue weighted by Gasteiger charge is 2.33. The van der Waals surface area contributed by atoms with Crippen LogP contribution in [-0.4, -0.2) is 68.2 Å². The van der Waals surface area contributed by atoms with Gasteiger partial charge in [0.1, 0.15) is 0 Å². The number of piperazine rings is 1. The Hall–Kier alpha value is -0.650. The molecule has 0 aromatic rings. The first-order valence-corrected chi connectivity index (χ1v) is 6.49. The highest BCUT2D eigenvalue weighted by molar-refractivity contribution is 5.79. The van der Waals surface area contributed by atoms with Crippen molar-refractivity contribution >= 4 is 5.91 Å². The minimum Gasteiger partial charge on any atom is -0.381 e. The van der Waals surface area contributed by atoms with Crippen LogP contribution in [0.2, 0.25) is 0 Å². The molecule has 1 amide bonds. The second-order valence-electron chi connectivity index (χ2n) is 5.10. The van der Waals surface area contributed by atoms with Crippen LogP contribution >= 0.6 is 0 Å². The van der Waals surface area contributed by atoms with Crippen LogP contribution in [0.3, 0.4) is 0 Å². The summed E-state index contributed by atoms with van der Waals surface area (Å²) in [7, 11) is 2.08. The van der Waals surface area contributed by atoms with Crippen molar-refractivity contribution in [3.05, 3.63) is 0 Å². The predicted molar refractivity (Wildman–Crippen MR) is 65.6 cm³/mol. The molecule has 0 spiro atoms. The molecule has 5 heteroatoms. The number of rotatable bonds is 2. The number of carbonyl (C=O) groups is 1. The van der Waals surface area contributed by atoms with Crippen molar-refractivity contribution < 1.29 is 9.53 Å². The Morgan fingerprint density at radius 3 is 2.94 bits per heavy atom. The number of likely N-dealkylation sites (N-methyl/N-ethyl adjacent to an activating group) is 1. The van der Waals surface area contributed by atoms with Gasteiger partial charge in [-0.2, -0.15) is 0 Å². The monoisotopic (exact) mass is 241 g/mol. The topological polar surface area (TPSA) is 58.8 Å². The zero-order valence-electron chi connectivity index (χ0n) is 10.6. The fourth-order valence-electron chi connectivity index (χ4n) is 2.67. The maximum Gasteiger partial charge on any atom is 0.228 e. The summed E-state index contributed by atoms with van der Waals surface area (Å²) in [6.45, 7) is 4.55. The molecule has 0 aromatic carbocycles. The van der Waals surface area contributed by atoms with Crippen LogP contribution in [-0.2, 0) is 9.53 Å². The summed E-state index contributed by atoms with van der Waals surface area (Å²) in [6.07, 6.45) is 1.96. The van der Waals surface area contributed by atoms with Crippen molar-refractivity contribution in [3.63, 3.8) is 0 Å². The van der Waals surface area contributed by atoms with E-state index in [4.69, 9.17) is 10.5 Å². The largest absolute Gasteiger partial charge is 0.381 e. The summed E-state index contributed by atoms with van der Waals surface area (Å²) in [5.41, 5.74) is 5.77. The summed E-state index contributed by atoms with van der Waals surface area (Å²) in [5.74, 6) is 0.300. The van der Waals surface area contributed by atoms with Crippen molar-refractivity contribution in [2.75, 3.05) is 46.4 Å². The molecule has 2 N–H and O–H groups in total. The van der Waals surface area contributed by atoms with E-state index in [1.54, 1.807) is 0 Å². The van der Waals surface area contributed by atoms with Gasteiger partial charge in [-0.1, -0.05) is 0 Å². The zero-order valence-corrected chi connectivity index (χ0v) is 10.6. The van der Waals surface area contributed by atoms with E-state index in [1.807, 2.05) is 4.90 Å². The van der Waals surface area contributed by atoms with Crippen molar-refractivity contribution in [1.29, 1.82) is 0 Å². The Bertz CT molecular complexity index is 266. The van der Waals surface area contributed by atoms with E-state index in [9.17, 15) is 4.79 Å². The third-order valence-corrected chi connectivity index (χ3v) is 3.75. The standard InChI is InChI=1S/C12H23N3O2/c1-14-4-5-15(11(7-13)8-14)12(16)10-3-2-6-17-9-10/h10-11H,2-9,13H2,1H3. The summed E-state index contributed by atoms with van der Waals surface area (Å²) < 4.78 is 5.39. The van der Waals surface area contributed by atoms with Gasteiger partial charge in [-0.05, 0) is 19.9 Å². The van der Waals surface area contributed by atoms with Gasteiger partial charge in [-0.15, -0.1) is 0 Å². The molecule has 0 radical (unpaired) electrons. The summed E-state index contributed by atoms with van der Waals surface area (Å²) in [4.78, 5) is 16.6. The summed E-state index contributed by atoms with van der Waals surface area (Å²) in [5, 5.41) is 0. The maximum absolute atomic E-state index is 12.4. The lowest BCUT2D eigenvalue weighted by molar-refractivity contribution is -0.144. The zero-order chi connectivity index (χ0) is 12.3. The molecule has 2 aliphatic rings. The van der Waals surface area contributed by atoms with Gasteiger partial charge < -0.3 is 20.3 Å². The van der Waals surface area contributed by atoms with Crippen molar-refractivity contribution in [1.82, 2.24) is 9.80 Å². The number of hydrogen-bond donors (Lipinski definition) is 1. The van der Waals surface area contributed by atoms with E-state index in [2.05, 4.69) is 11.9 Å². The first-order valence-electron chi connectivity index (χ1n) is 6.49. The van der Waals surface area contributed by atoms with Crippen LogP contribution in [0.1, 0.15) is 12.8 Å². The smallest absolute Gasteiger partial charge is 0.228 e. The molecule has 0 aromatic heterocycles. The van der Waals surface area contributed by atoms with Gasteiger partial charge in [0.25, 0.3) is 0 Å². The highest BCUT2D eigenvalue weighted by atomic mass is 16.5. The van der Waals surface area contributed by atoms with Crippen LogP contribution in [0.25, 0.3) is 0 Å². The van der Waals surface area contributed by atoms with E-state index >= 15 is 0 Å². The number of hydrogen-bond acceptors (Lipinski definition) is 4. The molecule has 2 rings (SSSR count). The third-order valence-electron chi connectivity index (χ3n) is 3.75. The predicted octanol–water partition coefficient (Wildman–Crippen LogP) is -0.486. The Labute approximate surface area is 103 Å². The number of nitrogens with two attached hydrogens (primary N) is 1. The van der Waals surface area contributed by atoms with Crippen LogP contribution in [0.15, 0.2) is 0 Å². The van der Waals surface area contributed by atoms with E-state index in [0.717, 1.165) is 39.1 Å². The molecule has 17 heavy (non-hydrogen) atoms. The average Bonchev–Trinajstić information content (AvgIpc) is 2.39. The first kappa shape index (κ1) is 12.8. The second kappa shape index (κ2) is 5.80. The lowest BCUT2D eigenvalue weighted by Crippen LogP contribution is -2.58. The summed E-state index contributed by atoms with van der Waals surface area (Å²) in [6, 6.07) is 0.170.